The molecule has 0 spiro atoms. The Morgan fingerprint density at radius 1 is 0.248 bits per heavy atom. The molecular formula is C90H176O17P2. The van der Waals surface area contributed by atoms with E-state index in [1.165, 1.54) is 302 Å². The molecule has 0 saturated heterocycles. The number of ether oxygens (including phenoxy) is 4. The van der Waals surface area contributed by atoms with Gasteiger partial charge in [0, 0.05) is 25.7 Å². The molecule has 0 fully saturated rings. The number of hydrogen-bond donors (Lipinski definition) is 3. The second kappa shape index (κ2) is 81.2. The fraction of sp³-hybridized carbons (Fsp3) is 0.956. The first-order valence-corrected chi connectivity index (χ1v) is 49.5. The molecule has 109 heavy (non-hydrogen) atoms. The minimum Gasteiger partial charge on any atom is -0.462 e. The minimum atomic E-state index is -4.97. The molecule has 0 aromatic heterocycles. The summed E-state index contributed by atoms with van der Waals surface area (Å²) in [5.41, 5.74) is 0. The predicted octanol–water partition coefficient (Wildman–Crippen LogP) is 27.8. The lowest BCUT2D eigenvalue weighted by Gasteiger charge is -2.21. The molecule has 648 valence electrons. The zero-order chi connectivity index (χ0) is 79.9. The van der Waals surface area contributed by atoms with Crippen LogP contribution in [0.5, 0.6) is 0 Å². The molecule has 0 aliphatic rings. The fourth-order valence-corrected chi connectivity index (χ4v) is 15.7. The Morgan fingerprint density at radius 3 is 0.624 bits per heavy atom. The van der Waals surface area contributed by atoms with E-state index in [0.29, 0.717) is 25.7 Å². The second-order valence-corrected chi connectivity index (χ2v) is 36.2. The van der Waals surface area contributed by atoms with E-state index in [-0.39, 0.29) is 25.7 Å². The van der Waals surface area contributed by atoms with Crippen LogP contribution in [0.1, 0.15) is 485 Å². The number of hydrogen-bond acceptors (Lipinski definition) is 15. The van der Waals surface area contributed by atoms with Crippen LogP contribution < -0.4 is 0 Å². The molecule has 0 bridgehead atoms. The summed E-state index contributed by atoms with van der Waals surface area (Å²) < 4.78 is 69.0. The average Bonchev–Trinajstić information content (AvgIpc) is 0.901. The Kier molecular flexibility index (Phi) is 79.8. The molecule has 0 rings (SSSR count). The van der Waals surface area contributed by atoms with Gasteiger partial charge in [-0.3, -0.25) is 37.3 Å². The highest BCUT2D eigenvalue weighted by Crippen LogP contribution is 2.45. The molecule has 0 radical (unpaired) electrons. The minimum absolute atomic E-state index is 0.108. The summed E-state index contributed by atoms with van der Waals surface area (Å²) in [4.78, 5) is 73.4. The Labute approximate surface area is 670 Å². The van der Waals surface area contributed by atoms with Crippen molar-refractivity contribution in [2.24, 2.45) is 11.8 Å². The van der Waals surface area contributed by atoms with E-state index in [1.54, 1.807) is 0 Å². The van der Waals surface area contributed by atoms with Crippen molar-refractivity contribution in [1.82, 2.24) is 0 Å². The van der Waals surface area contributed by atoms with Gasteiger partial charge in [-0.25, -0.2) is 9.13 Å². The van der Waals surface area contributed by atoms with Crippen molar-refractivity contribution in [2.75, 3.05) is 39.6 Å². The molecule has 2 unspecified atom stereocenters. The lowest BCUT2D eigenvalue weighted by atomic mass is 10.0. The Bertz CT molecular complexity index is 2080. The number of carbonyl (C=O) groups is 4. The van der Waals surface area contributed by atoms with Crippen LogP contribution in [0.15, 0.2) is 0 Å². The Morgan fingerprint density at radius 2 is 0.422 bits per heavy atom. The number of phosphoric ester groups is 2. The topological polar surface area (TPSA) is 237 Å². The van der Waals surface area contributed by atoms with Crippen LogP contribution in [0.2, 0.25) is 0 Å². The maximum atomic E-state index is 13.2. The van der Waals surface area contributed by atoms with Crippen molar-refractivity contribution < 1.29 is 80.2 Å². The monoisotopic (exact) mass is 1590 g/mol. The van der Waals surface area contributed by atoms with Crippen LogP contribution in [0.3, 0.4) is 0 Å². The van der Waals surface area contributed by atoms with E-state index in [1.807, 2.05) is 0 Å². The number of aliphatic hydroxyl groups is 1. The van der Waals surface area contributed by atoms with Gasteiger partial charge in [0.1, 0.15) is 19.3 Å². The molecule has 0 aromatic carbocycles. The molecule has 0 saturated carbocycles. The van der Waals surface area contributed by atoms with Gasteiger partial charge in [0.05, 0.1) is 26.4 Å². The number of carbonyl (C=O) groups excluding carboxylic acids is 4. The summed E-state index contributed by atoms with van der Waals surface area (Å²) in [5.74, 6) is -0.569. The quantitative estimate of drug-likeness (QED) is 0.0222. The Balaban J connectivity index is 5.23. The standard InChI is InChI=1S/C90H176O17P2/c1-7-9-11-13-15-17-19-21-23-25-27-29-31-35-39-43-47-54-60-66-72-87(92)100-78-85(106-89(94)74-68-62-56-48-44-40-36-32-30-28-26-24-22-20-18-16-14-12-10-8-2)80-104-108(96,97)102-76-84(91)77-103-109(98,99)105-81-86(79-101-88(93)73-67-61-55-51-50-53-59-65-71-83(5)6)107-90(95)75-69-63-57-49-45-41-37-33-34-38-42-46-52-58-64-70-82(3)4/h82-86,91H,7-81H2,1-6H3,(H,96,97)(H,98,99)/t84-,85-,86-/m1/s1. The molecule has 17 nitrogen and oxygen atoms in total. The summed E-state index contributed by atoms with van der Waals surface area (Å²) in [7, 11) is -9.93. The molecule has 0 aliphatic carbocycles. The van der Waals surface area contributed by atoms with Gasteiger partial charge in [0.25, 0.3) is 0 Å². The maximum absolute atomic E-state index is 13.2. The van der Waals surface area contributed by atoms with Crippen LogP contribution in [0.25, 0.3) is 0 Å². The first-order chi connectivity index (χ1) is 52.9. The summed E-state index contributed by atoms with van der Waals surface area (Å²) >= 11 is 0. The third-order valence-corrected chi connectivity index (χ3v) is 23.1. The average molecular weight is 1590 g/mol. The van der Waals surface area contributed by atoms with Gasteiger partial charge < -0.3 is 33.8 Å². The van der Waals surface area contributed by atoms with Crippen LogP contribution in [-0.4, -0.2) is 96.7 Å². The SMILES string of the molecule is CCCCCCCCCCCCCCCCCCCCCCC(=O)OC[C@H](COP(=O)(O)OC[C@@H](O)COP(=O)(O)OC[C@@H](COC(=O)CCCCCCCCCCC(C)C)OC(=O)CCCCCCCCCCCCCCCCCC(C)C)OC(=O)CCCCCCCCCCCCCCCCCCCCCC. The van der Waals surface area contributed by atoms with Crippen molar-refractivity contribution in [3.05, 3.63) is 0 Å². The molecule has 0 aromatic rings. The predicted molar refractivity (Wildman–Crippen MR) is 451 cm³/mol. The zero-order valence-electron chi connectivity index (χ0n) is 71.9. The van der Waals surface area contributed by atoms with Crippen molar-refractivity contribution in [3.8, 4) is 0 Å². The van der Waals surface area contributed by atoms with Gasteiger partial charge in [0.2, 0.25) is 0 Å². The van der Waals surface area contributed by atoms with Crippen molar-refractivity contribution in [2.45, 2.75) is 503 Å². The lowest BCUT2D eigenvalue weighted by molar-refractivity contribution is -0.161. The van der Waals surface area contributed by atoms with Gasteiger partial charge in [0.15, 0.2) is 12.2 Å². The second-order valence-electron chi connectivity index (χ2n) is 33.3. The van der Waals surface area contributed by atoms with E-state index >= 15 is 0 Å². The lowest BCUT2D eigenvalue weighted by Crippen LogP contribution is -2.30. The fourth-order valence-electron chi connectivity index (χ4n) is 14.1. The third-order valence-electron chi connectivity index (χ3n) is 21.2. The van der Waals surface area contributed by atoms with E-state index in [2.05, 4.69) is 41.5 Å². The highest BCUT2D eigenvalue weighted by molar-refractivity contribution is 7.47. The highest BCUT2D eigenvalue weighted by Gasteiger charge is 2.31. The molecule has 0 amide bonds. The van der Waals surface area contributed by atoms with Crippen molar-refractivity contribution in [1.29, 1.82) is 0 Å². The van der Waals surface area contributed by atoms with E-state index in [4.69, 9.17) is 37.0 Å². The third kappa shape index (κ3) is 83.8. The van der Waals surface area contributed by atoms with E-state index in [0.717, 1.165) is 102 Å². The molecule has 5 atom stereocenters. The smallest absolute Gasteiger partial charge is 0.462 e. The number of aliphatic hydroxyl groups excluding tert-OH is 1. The number of phosphoric acid groups is 2. The normalized spacial score (nSPS) is 13.8. The van der Waals surface area contributed by atoms with Gasteiger partial charge in [-0.1, -0.05) is 433 Å². The van der Waals surface area contributed by atoms with Gasteiger partial charge in [-0.05, 0) is 37.5 Å². The molecule has 0 heterocycles. The van der Waals surface area contributed by atoms with Gasteiger partial charge in [-0.15, -0.1) is 0 Å². The zero-order valence-corrected chi connectivity index (χ0v) is 73.7. The maximum Gasteiger partial charge on any atom is 0.472 e. The Hall–Kier alpha value is -1.94. The van der Waals surface area contributed by atoms with Crippen LogP contribution in [0.4, 0.5) is 0 Å². The van der Waals surface area contributed by atoms with Crippen LogP contribution in [0, 0.1) is 11.8 Å². The first-order valence-electron chi connectivity index (χ1n) is 46.5. The highest BCUT2D eigenvalue weighted by atomic mass is 31.2. The van der Waals surface area contributed by atoms with Crippen molar-refractivity contribution >= 4 is 39.5 Å². The van der Waals surface area contributed by atoms with Crippen molar-refractivity contribution in [3.63, 3.8) is 0 Å². The summed E-state index contributed by atoms with van der Waals surface area (Å²) in [5, 5.41) is 10.7. The van der Waals surface area contributed by atoms with E-state index in [9.17, 15) is 43.2 Å². The number of rotatable bonds is 89. The van der Waals surface area contributed by atoms with Gasteiger partial charge in [-0.2, -0.15) is 0 Å². The largest absolute Gasteiger partial charge is 0.472 e. The van der Waals surface area contributed by atoms with Gasteiger partial charge >= 0.3 is 39.5 Å². The van der Waals surface area contributed by atoms with E-state index < -0.39 is 97.5 Å². The molecule has 0 aliphatic heterocycles. The summed E-state index contributed by atoms with van der Waals surface area (Å²) in [6, 6.07) is 0. The number of esters is 4. The molecule has 3 N–H and O–H groups in total. The molecular weight excluding hydrogens is 1410 g/mol. The van der Waals surface area contributed by atoms with Crippen LogP contribution >= 0.6 is 15.6 Å². The first kappa shape index (κ1) is 107. The van der Waals surface area contributed by atoms with Crippen LogP contribution in [-0.2, 0) is 65.4 Å². The summed E-state index contributed by atoms with van der Waals surface area (Å²) in [6.07, 6.45) is 75.2. The number of unbranched alkanes of at least 4 members (excludes halogenated alkanes) is 59. The summed E-state index contributed by atoms with van der Waals surface area (Å²) in [6.45, 7) is 9.69. The molecule has 19 heteroatoms.